The summed E-state index contributed by atoms with van der Waals surface area (Å²) in [5.74, 6) is 0. The first kappa shape index (κ1) is 8.44. The molecule has 0 saturated carbocycles. The van der Waals surface area contributed by atoms with Crippen LogP contribution in [0, 0.1) is 3.57 Å². The predicted octanol–water partition coefficient (Wildman–Crippen LogP) is 3.60. The number of aromatic nitrogens is 1. The Morgan fingerprint density at radius 2 is 2.08 bits per heavy atom. The van der Waals surface area contributed by atoms with E-state index < -0.39 is 0 Å². The van der Waals surface area contributed by atoms with Crippen LogP contribution >= 0.6 is 38.5 Å². The minimum atomic E-state index is 1.14. The first-order valence-electron chi connectivity index (χ1n) is 3.47. The summed E-state index contributed by atoms with van der Waals surface area (Å²) >= 11 is 5.82. The van der Waals surface area contributed by atoms with Gasteiger partial charge in [0.05, 0.1) is 0 Å². The van der Waals surface area contributed by atoms with Crippen molar-refractivity contribution in [3.05, 3.63) is 38.6 Å². The third kappa shape index (κ3) is 1.35. The number of hydrogen-bond donors (Lipinski definition) is 0. The lowest BCUT2D eigenvalue weighted by Gasteiger charge is -2.00. The van der Waals surface area contributed by atoms with Gasteiger partial charge < -0.3 is 0 Å². The summed E-state index contributed by atoms with van der Waals surface area (Å²) in [7, 11) is 0. The van der Waals surface area contributed by atoms with Gasteiger partial charge in [-0.3, -0.25) is 4.98 Å². The molecule has 1 heterocycles. The molecule has 0 aliphatic rings. The van der Waals surface area contributed by atoms with Gasteiger partial charge in [0.25, 0.3) is 0 Å². The van der Waals surface area contributed by atoms with E-state index in [0.29, 0.717) is 0 Å². The Labute approximate surface area is 92.5 Å². The van der Waals surface area contributed by atoms with E-state index in [0.717, 1.165) is 4.47 Å². The van der Waals surface area contributed by atoms with Gasteiger partial charge in [-0.25, -0.2) is 0 Å². The second kappa shape index (κ2) is 3.30. The molecule has 0 unspecified atom stereocenters. The summed E-state index contributed by atoms with van der Waals surface area (Å²) in [5, 5.41) is 2.44. The third-order valence-electron chi connectivity index (χ3n) is 1.71. The highest BCUT2D eigenvalue weighted by Crippen LogP contribution is 2.26. The zero-order valence-corrected chi connectivity index (χ0v) is 9.83. The molecular weight excluding hydrogens is 329 g/mol. The molecule has 0 bridgehead atoms. The number of benzene rings is 1. The fourth-order valence-electron chi connectivity index (χ4n) is 1.10. The molecule has 3 heteroatoms. The summed E-state index contributed by atoms with van der Waals surface area (Å²) in [6, 6.07) is 6.14. The van der Waals surface area contributed by atoms with Crippen LogP contribution in [0.3, 0.4) is 0 Å². The highest BCUT2D eigenvalue weighted by Gasteiger charge is 2.00. The SMILES string of the molecule is Brc1ccc2cnccc2c1I. The first-order valence-corrected chi connectivity index (χ1v) is 5.34. The van der Waals surface area contributed by atoms with Crippen LogP contribution in [0.2, 0.25) is 0 Å². The van der Waals surface area contributed by atoms with Crippen molar-refractivity contribution in [2.24, 2.45) is 0 Å². The summed E-state index contributed by atoms with van der Waals surface area (Å²) in [6.45, 7) is 0. The lowest BCUT2D eigenvalue weighted by molar-refractivity contribution is 1.36. The molecule has 0 aliphatic carbocycles. The molecule has 2 rings (SSSR count). The molecule has 12 heavy (non-hydrogen) atoms. The van der Waals surface area contributed by atoms with Crippen LogP contribution in [0.5, 0.6) is 0 Å². The van der Waals surface area contributed by atoms with Crippen LogP contribution in [0.15, 0.2) is 35.1 Å². The maximum atomic E-state index is 4.07. The van der Waals surface area contributed by atoms with E-state index in [1.54, 1.807) is 0 Å². The topological polar surface area (TPSA) is 12.9 Å². The number of pyridine rings is 1. The van der Waals surface area contributed by atoms with Gasteiger partial charge >= 0.3 is 0 Å². The van der Waals surface area contributed by atoms with Gasteiger partial charge in [0.15, 0.2) is 0 Å². The fourth-order valence-corrected chi connectivity index (χ4v) is 2.12. The number of hydrogen-bond acceptors (Lipinski definition) is 1. The van der Waals surface area contributed by atoms with Gasteiger partial charge in [0.1, 0.15) is 0 Å². The standard InChI is InChI=1S/C9H5BrIN/c10-8-2-1-6-5-12-4-3-7(6)9(8)11/h1-5H. The van der Waals surface area contributed by atoms with Crippen molar-refractivity contribution >= 4 is 49.3 Å². The van der Waals surface area contributed by atoms with Crippen molar-refractivity contribution in [3.63, 3.8) is 0 Å². The molecule has 1 nitrogen and oxygen atoms in total. The number of fused-ring (bicyclic) bond motifs is 1. The average molecular weight is 334 g/mol. The van der Waals surface area contributed by atoms with Crippen molar-refractivity contribution in [1.29, 1.82) is 0 Å². The lowest BCUT2D eigenvalue weighted by atomic mass is 10.2. The predicted molar refractivity (Wildman–Crippen MR) is 62.2 cm³/mol. The van der Waals surface area contributed by atoms with E-state index >= 15 is 0 Å². The Balaban J connectivity index is 2.91. The van der Waals surface area contributed by atoms with Crippen LogP contribution in [0.1, 0.15) is 0 Å². The Kier molecular flexibility index (Phi) is 2.32. The number of halogens is 2. The van der Waals surface area contributed by atoms with Crippen LogP contribution in [0.25, 0.3) is 10.8 Å². The van der Waals surface area contributed by atoms with Crippen molar-refractivity contribution in [2.75, 3.05) is 0 Å². The highest BCUT2D eigenvalue weighted by atomic mass is 127. The number of nitrogens with zero attached hydrogens (tertiary/aromatic N) is 1. The molecule has 0 N–H and O–H groups in total. The van der Waals surface area contributed by atoms with Crippen LogP contribution in [-0.2, 0) is 0 Å². The molecule has 2 aromatic rings. The highest BCUT2D eigenvalue weighted by molar-refractivity contribution is 14.1. The Morgan fingerprint density at radius 3 is 2.92 bits per heavy atom. The van der Waals surface area contributed by atoms with Crippen LogP contribution in [0.4, 0.5) is 0 Å². The van der Waals surface area contributed by atoms with E-state index in [9.17, 15) is 0 Å². The van der Waals surface area contributed by atoms with Gasteiger partial charge in [0, 0.05) is 25.8 Å². The molecule has 1 aromatic carbocycles. The summed E-state index contributed by atoms with van der Waals surface area (Å²) in [5.41, 5.74) is 0. The molecular formula is C9H5BrIN. The second-order valence-corrected chi connectivity index (χ2v) is 4.39. The third-order valence-corrected chi connectivity index (χ3v) is 4.27. The van der Waals surface area contributed by atoms with Gasteiger partial charge in [-0.1, -0.05) is 6.07 Å². The monoisotopic (exact) mass is 333 g/mol. The molecule has 0 radical (unpaired) electrons. The minimum Gasteiger partial charge on any atom is -0.264 e. The van der Waals surface area contributed by atoms with Gasteiger partial charge in [-0.05, 0) is 56.0 Å². The van der Waals surface area contributed by atoms with Crippen molar-refractivity contribution in [1.82, 2.24) is 4.98 Å². The van der Waals surface area contributed by atoms with Crippen molar-refractivity contribution in [3.8, 4) is 0 Å². The minimum absolute atomic E-state index is 1.14. The average Bonchev–Trinajstić information content (AvgIpc) is 2.12. The van der Waals surface area contributed by atoms with Crippen LogP contribution < -0.4 is 0 Å². The molecule has 1 aromatic heterocycles. The van der Waals surface area contributed by atoms with E-state index in [4.69, 9.17) is 0 Å². The molecule has 0 atom stereocenters. The lowest BCUT2D eigenvalue weighted by Crippen LogP contribution is -1.80. The normalized spacial score (nSPS) is 10.5. The Bertz CT molecular complexity index is 428. The summed E-state index contributed by atoms with van der Waals surface area (Å²) in [4.78, 5) is 4.07. The van der Waals surface area contributed by atoms with Crippen LogP contribution in [-0.4, -0.2) is 4.98 Å². The van der Waals surface area contributed by atoms with E-state index in [-0.39, 0.29) is 0 Å². The zero-order valence-electron chi connectivity index (χ0n) is 6.09. The molecule has 0 aliphatic heterocycles. The van der Waals surface area contributed by atoms with E-state index in [2.05, 4.69) is 49.6 Å². The summed E-state index contributed by atoms with van der Waals surface area (Å²) in [6.07, 6.45) is 3.70. The first-order chi connectivity index (χ1) is 5.79. The van der Waals surface area contributed by atoms with Crippen molar-refractivity contribution < 1.29 is 0 Å². The fraction of sp³-hybridized carbons (Fsp3) is 0. The zero-order chi connectivity index (χ0) is 8.55. The number of rotatable bonds is 0. The molecule has 60 valence electrons. The second-order valence-electron chi connectivity index (χ2n) is 2.46. The van der Waals surface area contributed by atoms with Gasteiger partial charge in [-0.2, -0.15) is 0 Å². The van der Waals surface area contributed by atoms with E-state index in [1.807, 2.05) is 24.5 Å². The van der Waals surface area contributed by atoms with E-state index in [1.165, 1.54) is 14.3 Å². The molecule has 0 fully saturated rings. The molecule has 0 saturated heterocycles. The quantitative estimate of drug-likeness (QED) is 0.671. The smallest absolute Gasteiger partial charge is 0.0352 e. The Hall–Kier alpha value is -0.160. The largest absolute Gasteiger partial charge is 0.264 e. The molecule has 0 spiro atoms. The maximum Gasteiger partial charge on any atom is 0.0352 e. The van der Waals surface area contributed by atoms with Crippen molar-refractivity contribution in [2.45, 2.75) is 0 Å². The molecule has 0 amide bonds. The Morgan fingerprint density at radius 1 is 1.25 bits per heavy atom. The van der Waals surface area contributed by atoms with Gasteiger partial charge in [0.2, 0.25) is 0 Å². The summed E-state index contributed by atoms with van der Waals surface area (Å²) < 4.78 is 2.38. The van der Waals surface area contributed by atoms with Gasteiger partial charge in [-0.15, -0.1) is 0 Å². The maximum absolute atomic E-state index is 4.07.